The maximum Gasteiger partial charge on any atom is 0.313 e. The molecule has 2 rings (SSSR count). The Kier molecular flexibility index (Phi) is 5.00. The molecular formula is C11H18N4O2S2. The summed E-state index contributed by atoms with van der Waals surface area (Å²) in [5, 5.41) is 17.7. The zero-order chi connectivity index (χ0) is 13.8. The van der Waals surface area contributed by atoms with Crippen molar-refractivity contribution < 1.29 is 9.90 Å². The minimum absolute atomic E-state index is 0.0343. The molecule has 1 fully saturated rings. The number of carboxylic acids is 1. The summed E-state index contributed by atoms with van der Waals surface area (Å²) in [7, 11) is 4.18. The van der Waals surface area contributed by atoms with Gasteiger partial charge in [0.25, 0.3) is 0 Å². The summed E-state index contributed by atoms with van der Waals surface area (Å²) in [6.07, 6.45) is 2.26. The number of aromatic nitrogens is 2. The Morgan fingerprint density at radius 1 is 1.53 bits per heavy atom. The van der Waals surface area contributed by atoms with E-state index >= 15 is 0 Å². The molecular weight excluding hydrogens is 284 g/mol. The Morgan fingerprint density at radius 2 is 2.21 bits per heavy atom. The summed E-state index contributed by atoms with van der Waals surface area (Å²) < 4.78 is 0.720. The molecule has 106 valence electrons. The number of hydrogen-bond donors (Lipinski definition) is 1. The number of aliphatic carboxylic acids is 1. The molecule has 1 aromatic rings. The van der Waals surface area contributed by atoms with Gasteiger partial charge >= 0.3 is 5.97 Å². The van der Waals surface area contributed by atoms with Crippen molar-refractivity contribution in [3.05, 3.63) is 0 Å². The molecule has 2 heterocycles. The largest absolute Gasteiger partial charge is 0.481 e. The molecule has 1 aromatic heterocycles. The van der Waals surface area contributed by atoms with Crippen molar-refractivity contribution in [3.63, 3.8) is 0 Å². The first kappa shape index (κ1) is 14.5. The molecule has 19 heavy (non-hydrogen) atoms. The van der Waals surface area contributed by atoms with E-state index in [9.17, 15) is 4.79 Å². The number of anilines is 1. The number of piperidine rings is 1. The second kappa shape index (κ2) is 6.53. The molecule has 0 radical (unpaired) electrons. The fourth-order valence-corrected chi connectivity index (χ4v) is 3.66. The number of hydrogen-bond acceptors (Lipinski definition) is 7. The molecule has 6 nitrogen and oxygen atoms in total. The van der Waals surface area contributed by atoms with Crippen LogP contribution in [0.25, 0.3) is 0 Å². The van der Waals surface area contributed by atoms with Crippen LogP contribution in [-0.4, -0.2) is 65.2 Å². The van der Waals surface area contributed by atoms with Gasteiger partial charge in [-0.15, -0.1) is 10.2 Å². The van der Waals surface area contributed by atoms with Gasteiger partial charge in [0.2, 0.25) is 5.13 Å². The lowest BCUT2D eigenvalue weighted by Gasteiger charge is -2.34. The highest BCUT2D eigenvalue weighted by Gasteiger charge is 2.23. The zero-order valence-corrected chi connectivity index (χ0v) is 12.7. The van der Waals surface area contributed by atoms with Crippen molar-refractivity contribution in [2.45, 2.75) is 23.2 Å². The van der Waals surface area contributed by atoms with E-state index in [1.54, 1.807) is 0 Å². The zero-order valence-electron chi connectivity index (χ0n) is 11.1. The summed E-state index contributed by atoms with van der Waals surface area (Å²) in [6, 6.07) is 0.501. The van der Waals surface area contributed by atoms with Gasteiger partial charge in [0.05, 0.1) is 5.75 Å². The van der Waals surface area contributed by atoms with Gasteiger partial charge < -0.3 is 14.9 Å². The normalized spacial score (nSPS) is 17.6. The van der Waals surface area contributed by atoms with Gasteiger partial charge in [-0.3, -0.25) is 4.79 Å². The maximum absolute atomic E-state index is 10.5. The van der Waals surface area contributed by atoms with Crippen molar-refractivity contribution in [2.24, 2.45) is 0 Å². The fraction of sp³-hybridized carbons (Fsp3) is 0.727. The first-order valence-corrected chi connectivity index (χ1v) is 7.96. The van der Waals surface area contributed by atoms with E-state index in [-0.39, 0.29) is 5.75 Å². The number of carbonyl (C=O) groups is 1. The Morgan fingerprint density at radius 3 is 2.84 bits per heavy atom. The summed E-state index contributed by atoms with van der Waals surface area (Å²) in [5.74, 6) is -0.794. The molecule has 1 aliphatic rings. The second-order valence-electron chi connectivity index (χ2n) is 4.68. The van der Waals surface area contributed by atoms with Gasteiger partial charge in [-0.25, -0.2) is 0 Å². The molecule has 0 atom stereocenters. The Bertz CT molecular complexity index is 432. The average Bonchev–Trinajstić information content (AvgIpc) is 2.85. The highest BCUT2D eigenvalue weighted by molar-refractivity contribution is 8.01. The van der Waals surface area contributed by atoms with Crippen molar-refractivity contribution in [2.75, 3.05) is 37.8 Å². The molecule has 1 N–H and O–H groups in total. The lowest BCUT2D eigenvalue weighted by molar-refractivity contribution is -0.133. The molecule has 1 saturated heterocycles. The van der Waals surface area contributed by atoms with Crippen LogP contribution in [-0.2, 0) is 4.79 Å². The van der Waals surface area contributed by atoms with Gasteiger partial charge in [0, 0.05) is 13.1 Å². The van der Waals surface area contributed by atoms with Crippen molar-refractivity contribution >= 4 is 34.2 Å². The third-order valence-electron chi connectivity index (χ3n) is 3.25. The van der Waals surface area contributed by atoms with Crippen LogP contribution < -0.4 is 4.90 Å². The smallest absolute Gasteiger partial charge is 0.313 e. The molecule has 0 amide bonds. The molecule has 8 heteroatoms. The van der Waals surface area contributed by atoms with Crippen LogP contribution in [0.3, 0.4) is 0 Å². The van der Waals surface area contributed by atoms with E-state index in [0.29, 0.717) is 6.04 Å². The minimum Gasteiger partial charge on any atom is -0.481 e. The van der Waals surface area contributed by atoms with Crippen LogP contribution in [0.5, 0.6) is 0 Å². The van der Waals surface area contributed by atoms with Crippen molar-refractivity contribution in [3.8, 4) is 0 Å². The van der Waals surface area contributed by atoms with E-state index in [1.807, 2.05) is 7.05 Å². The number of rotatable bonds is 5. The second-order valence-corrected chi connectivity index (χ2v) is 6.86. The van der Waals surface area contributed by atoms with E-state index in [1.165, 1.54) is 23.1 Å². The van der Waals surface area contributed by atoms with Gasteiger partial charge in [0.15, 0.2) is 4.34 Å². The Hall–Kier alpha value is -0.860. The van der Waals surface area contributed by atoms with Crippen LogP contribution in [0, 0.1) is 0 Å². The van der Waals surface area contributed by atoms with E-state index < -0.39 is 5.97 Å². The van der Waals surface area contributed by atoms with Crippen LogP contribution in [0.1, 0.15) is 12.8 Å². The molecule has 0 unspecified atom stereocenters. The highest BCUT2D eigenvalue weighted by atomic mass is 32.2. The number of carboxylic acid groups (broad SMARTS) is 1. The molecule has 1 aliphatic heterocycles. The standard InChI is InChI=1S/C11H18N4O2S2/c1-14-5-3-8(4-6-14)15(2)10-12-13-11(19-10)18-7-9(16)17/h8H,3-7H2,1-2H3,(H,16,17). The first-order valence-electron chi connectivity index (χ1n) is 6.15. The van der Waals surface area contributed by atoms with Crippen molar-refractivity contribution in [1.29, 1.82) is 0 Å². The van der Waals surface area contributed by atoms with Gasteiger partial charge in [-0.2, -0.15) is 0 Å². The molecule has 0 aromatic carbocycles. The summed E-state index contributed by atoms with van der Waals surface area (Å²) >= 11 is 2.69. The topological polar surface area (TPSA) is 69.6 Å². The summed E-state index contributed by atoms with van der Waals surface area (Å²) in [4.78, 5) is 15.0. The van der Waals surface area contributed by atoms with Gasteiger partial charge in [-0.1, -0.05) is 23.1 Å². The van der Waals surface area contributed by atoms with E-state index in [2.05, 4.69) is 27.0 Å². The molecule has 0 aliphatic carbocycles. The van der Waals surface area contributed by atoms with Gasteiger partial charge in [0.1, 0.15) is 0 Å². The predicted octanol–water partition coefficient (Wildman–Crippen LogP) is 1.25. The molecule has 0 bridgehead atoms. The minimum atomic E-state index is -0.828. The Balaban J connectivity index is 1.92. The Labute approximate surface area is 120 Å². The summed E-state index contributed by atoms with van der Waals surface area (Å²) in [5.41, 5.74) is 0. The third-order valence-corrected chi connectivity index (χ3v) is 5.38. The quantitative estimate of drug-likeness (QED) is 0.821. The van der Waals surface area contributed by atoms with Gasteiger partial charge in [-0.05, 0) is 33.0 Å². The predicted molar refractivity (Wildman–Crippen MR) is 77.2 cm³/mol. The average molecular weight is 302 g/mol. The molecule has 0 spiro atoms. The van der Waals surface area contributed by atoms with Crippen LogP contribution in [0.4, 0.5) is 5.13 Å². The molecule has 0 saturated carbocycles. The van der Waals surface area contributed by atoms with E-state index in [0.717, 1.165) is 35.4 Å². The maximum atomic E-state index is 10.5. The van der Waals surface area contributed by atoms with Crippen LogP contribution >= 0.6 is 23.1 Å². The lowest BCUT2D eigenvalue weighted by atomic mass is 10.1. The lowest BCUT2D eigenvalue weighted by Crippen LogP contribution is -2.41. The summed E-state index contributed by atoms with van der Waals surface area (Å²) in [6.45, 7) is 2.21. The number of thioether (sulfide) groups is 1. The third kappa shape index (κ3) is 4.05. The number of nitrogens with zero attached hydrogens (tertiary/aromatic N) is 4. The number of likely N-dealkylation sites (tertiary alicyclic amines) is 1. The SMILES string of the molecule is CN1CCC(N(C)c2nnc(SCC(=O)O)s2)CC1. The van der Waals surface area contributed by atoms with E-state index in [4.69, 9.17) is 5.11 Å². The van der Waals surface area contributed by atoms with Crippen LogP contribution in [0.15, 0.2) is 4.34 Å². The monoisotopic (exact) mass is 302 g/mol. The van der Waals surface area contributed by atoms with Crippen molar-refractivity contribution in [1.82, 2.24) is 15.1 Å². The first-order chi connectivity index (χ1) is 9.06. The fourth-order valence-electron chi connectivity index (χ4n) is 2.07. The van der Waals surface area contributed by atoms with Crippen LogP contribution in [0.2, 0.25) is 0 Å². The highest BCUT2D eigenvalue weighted by Crippen LogP contribution is 2.29.